The van der Waals surface area contributed by atoms with E-state index in [4.69, 9.17) is 4.74 Å². The van der Waals surface area contributed by atoms with Crippen LogP contribution in [0, 0.1) is 5.92 Å². The summed E-state index contributed by atoms with van der Waals surface area (Å²) in [6.07, 6.45) is 8.22. The highest BCUT2D eigenvalue weighted by Gasteiger charge is 2.16. The second-order valence-electron chi connectivity index (χ2n) is 6.56. The maximum atomic E-state index is 5.88. The summed E-state index contributed by atoms with van der Waals surface area (Å²) in [5.41, 5.74) is 1.12. The predicted octanol–water partition coefficient (Wildman–Crippen LogP) is 3.73. The van der Waals surface area contributed by atoms with Crippen molar-refractivity contribution < 1.29 is 4.74 Å². The van der Waals surface area contributed by atoms with Crippen molar-refractivity contribution in [1.29, 1.82) is 0 Å². The second kappa shape index (κ2) is 11.5. The molecule has 1 heterocycles. The molecule has 0 atom stereocenters. The van der Waals surface area contributed by atoms with Crippen molar-refractivity contribution in [1.82, 2.24) is 15.6 Å². The molecule has 1 fully saturated rings. The van der Waals surface area contributed by atoms with Gasteiger partial charge in [0.05, 0.1) is 0 Å². The number of nitrogens with zero attached hydrogens (tertiary/aromatic N) is 2. The lowest BCUT2D eigenvalue weighted by molar-refractivity contribution is 0.201. The molecule has 0 spiro atoms. The topological polar surface area (TPSA) is 58.5 Å². The number of rotatable bonds is 7. The Bertz CT molecular complexity index is 484. The number of guanidine groups is 1. The van der Waals surface area contributed by atoms with Crippen LogP contribution in [-0.2, 0) is 6.54 Å². The molecule has 0 saturated heterocycles. The van der Waals surface area contributed by atoms with Crippen molar-refractivity contribution in [3.05, 3.63) is 23.9 Å². The summed E-state index contributed by atoms with van der Waals surface area (Å²) >= 11 is 0. The van der Waals surface area contributed by atoms with Gasteiger partial charge in [-0.1, -0.05) is 19.9 Å². The Kier molecular flexibility index (Phi) is 10.1. The molecule has 24 heavy (non-hydrogen) atoms. The van der Waals surface area contributed by atoms with E-state index in [-0.39, 0.29) is 24.0 Å². The molecular weight excluding hydrogens is 415 g/mol. The molecule has 0 amide bonds. The van der Waals surface area contributed by atoms with Crippen molar-refractivity contribution in [2.45, 2.75) is 58.6 Å². The van der Waals surface area contributed by atoms with Crippen molar-refractivity contribution in [2.24, 2.45) is 10.9 Å². The number of nitrogens with one attached hydrogen (secondary N) is 2. The fourth-order valence-electron chi connectivity index (χ4n) is 2.65. The van der Waals surface area contributed by atoms with E-state index in [9.17, 15) is 0 Å². The average molecular weight is 446 g/mol. The van der Waals surface area contributed by atoms with Gasteiger partial charge in [-0.15, -0.1) is 24.0 Å². The molecule has 136 valence electrons. The van der Waals surface area contributed by atoms with Gasteiger partial charge in [0.2, 0.25) is 5.88 Å². The van der Waals surface area contributed by atoms with Crippen LogP contribution in [0.1, 0.15) is 51.5 Å². The van der Waals surface area contributed by atoms with E-state index in [2.05, 4.69) is 40.5 Å². The lowest BCUT2D eigenvalue weighted by Gasteiger charge is -2.14. The Hall–Kier alpha value is -1.05. The van der Waals surface area contributed by atoms with Gasteiger partial charge in [-0.25, -0.2) is 4.98 Å². The minimum Gasteiger partial charge on any atom is -0.474 e. The van der Waals surface area contributed by atoms with Crippen molar-refractivity contribution in [3.8, 4) is 5.88 Å². The van der Waals surface area contributed by atoms with Gasteiger partial charge in [0.1, 0.15) is 6.10 Å². The molecule has 0 unspecified atom stereocenters. The van der Waals surface area contributed by atoms with Crippen LogP contribution in [0.5, 0.6) is 5.88 Å². The zero-order valence-corrected chi connectivity index (χ0v) is 17.4. The van der Waals surface area contributed by atoms with Crippen LogP contribution in [0.15, 0.2) is 23.3 Å². The molecule has 6 heteroatoms. The minimum atomic E-state index is 0. The van der Waals surface area contributed by atoms with E-state index in [0.717, 1.165) is 43.2 Å². The Morgan fingerprint density at radius 3 is 2.62 bits per heavy atom. The van der Waals surface area contributed by atoms with E-state index in [1.165, 1.54) is 12.8 Å². The number of aromatic nitrogens is 1. The second-order valence-corrected chi connectivity index (χ2v) is 6.56. The van der Waals surface area contributed by atoms with Crippen LogP contribution in [0.25, 0.3) is 0 Å². The third-order valence-electron chi connectivity index (χ3n) is 4.08. The number of pyridine rings is 1. The quantitative estimate of drug-likeness (QED) is 0.381. The highest BCUT2D eigenvalue weighted by molar-refractivity contribution is 14.0. The highest BCUT2D eigenvalue weighted by atomic mass is 127. The SMILES string of the molecule is CN=C(NCCC(C)C)NCc1ccc(OC2CCCC2)nc1.I. The van der Waals surface area contributed by atoms with E-state index in [0.29, 0.717) is 18.6 Å². The van der Waals surface area contributed by atoms with Crippen molar-refractivity contribution >= 4 is 29.9 Å². The van der Waals surface area contributed by atoms with Crippen LogP contribution < -0.4 is 15.4 Å². The Balaban J connectivity index is 0.00000288. The molecule has 1 aromatic heterocycles. The third-order valence-corrected chi connectivity index (χ3v) is 4.08. The summed E-state index contributed by atoms with van der Waals surface area (Å²) in [5.74, 6) is 2.26. The number of hydrogen-bond donors (Lipinski definition) is 2. The van der Waals surface area contributed by atoms with E-state index in [1.54, 1.807) is 7.05 Å². The third kappa shape index (κ3) is 7.68. The summed E-state index contributed by atoms with van der Waals surface area (Å²) < 4.78 is 5.88. The molecular formula is C18H31IN4O. The molecule has 0 bridgehead atoms. The van der Waals surface area contributed by atoms with Gasteiger partial charge in [-0.2, -0.15) is 0 Å². The first-order valence-corrected chi connectivity index (χ1v) is 8.73. The minimum absolute atomic E-state index is 0. The van der Waals surface area contributed by atoms with E-state index in [1.807, 2.05) is 12.3 Å². The van der Waals surface area contributed by atoms with E-state index >= 15 is 0 Å². The first-order chi connectivity index (χ1) is 11.2. The van der Waals surface area contributed by atoms with Crippen LogP contribution in [-0.4, -0.2) is 30.6 Å². The smallest absolute Gasteiger partial charge is 0.213 e. The first kappa shape index (κ1) is 21.0. The largest absolute Gasteiger partial charge is 0.474 e. The lowest BCUT2D eigenvalue weighted by atomic mass is 10.1. The summed E-state index contributed by atoms with van der Waals surface area (Å²) in [7, 11) is 1.79. The molecule has 5 nitrogen and oxygen atoms in total. The van der Waals surface area contributed by atoms with Gasteiger partial charge >= 0.3 is 0 Å². The van der Waals surface area contributed by atoms with Gasteiger partial charge in [0, 0.05) is 32.4 Å². The summed E-state index contributed by atoms with van der Waals surface area (Å²) in [6.45, 7) is 6.08. The highest BCUT2D eigenvalue weighted by Crippen LogP contribution is 2.22. The average Bonchev–Trinajstić information content (AvgIpc) is 3.05. The van der Waals surface area contributed by atoms with Crippen molar-refractivity contribution in [2.75, 3.05) is 13.6 Å². The maximum Gasteiger partial charge on any atom is 0.213 e. The molecule has 0 radical (unpaired) electrons. The van der Waals surface area contributed by atoms with Crippen LogP contribution in [0.2, 0.25) is 0 Å². The zero-order chi connectivity index (χ0) is 16.5. The molecule has 2 N–H and O–H groups in total. The van der Waals surface area contributed by atoms with Gasteiger partial charge in [-0.05, 0) is 43.6 Å². The fraction of sp³-hybridized carbons (Fsp3) is 0.667. The molecule has 1 saturated carbocycles. The molecule has 2 rings (SSSR count). The number of ether oxygens (including phenoxy) is 1. The van der Waals surface area contributed by atoms with E-state index < -0.39 is 0 Å². The molecule has 1 aliphatic carbocycles. The number of halogens is 1. The van der Waals surface area contributed by atoms with Gasteiger partial charge in [0.25, 0.3) is 0 Å². The van der Waals surface area contributed by atoms with Gasteiger partial charge in [0.15, 0.2) is 5.96 Å². The predicted molar refractivity (Wildman–Crippen MR) is 110 cm³/mol. The fourth-order valence-corrected chi connectivity index (χ4v) is 2.65. The van der Waals surface area contributed by atoms with Gasteiger partial charge in [-0.3, -0.25) is 4.99 Å². The maximum absolute atomic E-state index is 5.88. The standard InChI is InChI=1S/C18H30N4O.HI/c1-14(2)10-11-20-18(19-3)22-13-15-8-9-17(21-12-15)23-16-6-4-5-7-16;/h8-9,12,14,16H,4-7,10-11,13H2,1-3H3,(H2,19,20,22);1H. The zero-order valence-electron chi connectivity index (χ0n) is 15.0. The molecule has 0 aliphatic heterocycles. The monoisotopic (exact) mass is 446 g/mol. The van der Waals surface area contributed by atoms with Crippen LogP contribution in [0.3, 0.4) is 0 Å². The Labute approximate surface area is 163 Å². The van der Waals surface area contributed by atoms with Crippen molar-refractivity contribution in [3.63, 3.8) is 0 Å². The molecule has 1 aromatic rings. The number of aliphatic imine (C=N–C) groups is 1. The molecule has 0 aromatic carbocycles. The summed E-state index contributed by atoms with van der Waals surface area (Å²) in [4.78, 5) is 8.64. The molecule has 1 aliphatic rings. The lowest BCUT2D eigenvalue weighted by Crippen LogP contribution is -2.37. The summed E-state index contributed by atoms with van der Waals surface area (Å²) in [6, 6.07) is 4.02. The normalized spacial score (nSPS) is 15.2. The summed E-state index contributed by atoms with van der Waals surface area (Å²) in [5, 5.41) is 6.63. The van der Waals surface area contributed by atoms with Gasteiger partial charge < -0.3 is 15.4 Å². The van der Waals surface area contributed by atoms with Crippen LogP contribution in [0.4, 0.5) is 0 Å². The Morgan fingerprint density at radius 1 is 1.29 bits per heavy atom. The Morgan fingerprint density at radius 2 is 2.04 bits per heavy atom. The first-order valence-electron chi connectivity index (χ1n) is 8.73. The van der Waals surface area contributed by atoms with Crippen LogP contribution >= 0.6 is 24.0 Å². The number of hydrogen-bond acceptors (Lipinski definition) is 3.